The summed E-state index contributed by atoms with van der Waals surface area (Å²) < 4.78 is 16.9. The predicted molar refractivity (Wildman–Crippen MR) is 146 cm³/mol. The number of carbonyl (C=O) groups excluding carboxylic acids is 3. The number of ether oxygens (including phenoxy) is 3. The van der Waals surface area contributed by atoms with Crippen LogP contribution in [0.15, 0.2) is 18.2 Å². The highest BCUT2D eigenvalue weighted by Crippen LogP contribution is 2.33. The van der Waals surface area contributed by atoms with Crippen molar-refractivity contribution in [2.24, 2.45) is 17.8 Å². The Hall–Kier alpha value is -2.94. The van der Waals surface area contributed by atoms with Gasteiger partial charge < -0.3 is 19.3 Å². The first-order valence-electron chi connectivity index (χ1n) is 14.3. The largest absolute Gasteiger partial charge is 0.477 e. The molecule has 0 saturated heterocycles. The van der Waals surface area contributed by atoms with E-state index in [0.29, 0.717) is 37.7 Å². The smallest absolute Gasteiger partial charge is 0.364 e. The summed E-state index contributed by atoms with van der Waals surface area (Å²) >= 11 is 0. The van der Waals surface area contributed by atoms with E-state index in [2.05, 4.69) is 5.32 Å². The van der Waals surface area contributed by atoms with Crippen LogP contribution < -0.4 is 14.8 Å². The summed E-state index contributed by atoms with van der Waals surface area (Å²) in [5.41, 5.74) is -1.60. The zero-order valence-electron chi connectivity index (χ0n) is 24.2. The van der Waals surface area contributed by atoms with Gasteiger partial charge in [-0.05, 0) is 56.7 Å². The molecule has 4 atom stereocenters. The molecular formula is C30H45NO8. The topological polar surface area (TPSA) is 128 Å². The van der Waals surface area contributed by atoms with Crippen LogP contribution in [-0.2, 0) is 30.3 Å². The molecule has 0 radical (unpaired) electrons. The summed E-state index contributed by atoms with van der Waals surface area (Å²) in [5, 5.41) is 13.4. The minimum Gasteiger partial charge on any atom is -0.477 e. The molecule has 0 bridgehead atoms. The van der Waals surface area contributed by atoms with Gasteiger partial charge in [-0.15, -0.1) is 0 Å². The van der Waals surface area contributed by atoms with E-state index in [-0.39, 0.29) is 35.8 Å². The predicted octanol–water partition coefficient (Wildman–Crippen LogP) is 5.42. The molecule has 2 N–H and O–H groups in total. The molecule has 1 aliphatic rings. The average molecular weight is 548 g/mol. The molecule has 218 valence electrons. The van der Waals surface area contributed by atoms with E-state index in [1.54, 1.807) is 19.9 Å². The number of esters is 3. The van der Waals surface area contributed by atoms with Crippen molar-refractivity contribution in [3.8, 4) is 11.5 Å². The highest BCUT2D eigenvalue weighted by atomic mass is 16.6. The van der Waals surface area contributed by atoms with E-state index in [1.807, 2.05) is 27.7 Å². The van der Waals surface area contributed by atoms with Crippen LogP contribution >= 0.6 is 0 Å². The second kappa shape index (κ2) is 15.0. The van der Waals surface area contributed by atoms with Crippen molar-refractivity contribution in [1.29, 1.82) is 0 Å². The monoisotopic (exact) mass is 547 g/mol. The minimum absolute atomic E-state index is 0.0101. The van der Waals surface area contributed by atoms with Gasteiger partial charge in [-0.1, -0.05) is 59.9 Å². The van der Waals surface area contributed by atoms with Crippen LogP contribution in [-0.4, -0.2) is 40.8 Å². The number of aliphatic carboxylic acids is 1. The molecule has 0 aromatic heterocycles. The standard InChI is InChI=1S/C30H45NO8/c1-7-19(4)26(32)37-24-16-15-22(17-25(24)38-27(33)20(5)8-2)18-30(29(35)36,31-21(6)9-3)39-28(34)23-13-11-10-12-14-23/h15-17,19-21,23,31H,7-14,18H2,1-6H3,(H,35,36)/t19?,20?,21?,30-/m0/s1. The van der Waals surface area contributed by atoms with Gasteiger partial charge in [0.1, 0.15) is 0 Å². The SMILES string of the molecule is CCC(C)N[C@@](Cc1ccc(OC(=O)C(C)CC)c(OC(=O)C(C)CC)c1)(OC(=O)C1CCCCC1)C(=O)O. The van der Waals surface area contributed by atoms with Crippen molar-refractivity contribution in [2.45, 2.75) is 111 Å². The highest BCUT2D eigenvalue weighted by molar-refractivity contribution is 5.83. The van der Waals surface area contributed by atoms with Crippen LogP contribution in [0.5, 0.6) is 11.5 Å². The zero-order valence-corrected chi connectivity index (χ0v) is 24.2. The van der Waals surface area contributed by atoms with Gasteiger partial charge in [-0.25, -0.2) is 4.79 Å². The van der Waals surface area contributed by atoms with Gasteiger partial charge in [0.05, 0.1) is 17.8 Å². The summed E-state index contributed by atoms with van der Waals surface area (Å²) in [6, 6.07) is 4.28. The molecule has 9 heteroatoms. The fourth-order valence-electron chi connectivity index (χ4n) is 4.26. The van der Waals surface area contributed by atoms with Crippen molar-refractivity contribution in [1.82, 2.24) is 5.32 Å². The van der Waals surface area contributed by atoms with E-state index in [4.69, 9.17) is 14.2 Å². The lowest BCUT2D eigenvalue weighted by Gasteiger charge is -2.35. The molecule has 0 amide bonds. The number of carboxylic acid groups (broad SMARTS) is 1. The van der Waals surface area contributed by atoms with Gasteiger partial charge in [0, 0.05) is 12.5 Å². The second-order valence-corrected chi connectivity index (χ2v) is 10.8. The maximum Gasteiger partial charge on any atom is 0.364 e. The van der Waals surface area contributed by atoms with E-state index < -0.39 is 35.5 Å². The second-order valence-electron chi connectivity index (χ2n) is 10.8. The molecule has 1 saturated carbocycles. The third kappa shape index (κ3) is 9.05. The molecule has 1 aromatic carbocycles. The molecule has 0 heterocycles. The van der Waals surface area contributed by atoms with Crippen molar-refractivity contribution in [2.75, 3.05) is 0 Å². The van der Waals surface area contributed by atoms with Gasteiger partial charge in [0.15, 0.2) is 11.5 Å². The Kier molecular flexibility index (Phi) is 12.4. The van der Waals surface area contributed by atoms with Crippen molar-refractivity contribution >= 4 is 23.9 Å². The lowest BCUT2D eigenvalue weighted by Crippen LogP contribution is -2.60. The molecule has 1 fully saturated rings. The third-order valence-corrected chi connectivity index (χ3v) is 7.56. The summed E-state index contributed by atoms with van der Waals surface area (Å²) in [6.07, 6.45) is 5.71. The molecular weight excluding hydrogens is 502 g/mol. The molecule has 9 nitrogen and oxygen atoms in total. The fraction of sp³-hybridized carbons (Fsp3) is 0.667. The number of nitrogens with one attached hydrogen (secondary N) is 1. The fourth-order valence-corrected chi connectivity index (χ4v) is 4.26. The van der Waals surface area contributed by atoms with Crippen LogP contribution in [0.3, 0.4) is 0 Å². The number of rotatable bonds is 14. The lowest BCUT2D eigenvalue weighted by molar-refractivity contribution is -0.188. The normalized spacial score (nSPS) is 17.8. The van der Waals surface area contributed by atoms with Crippen molar-refractivity contribution < 1.29 is 38.5 Å². The zero-order chi connectivity index (χ0) is 29.2. The van der Waals surface area contributed by atoms with Gasteiger partial charge in [0.2, 0.25) is 0 Å². The third-order valence-electron chi connectivity index (χ3n) is 7.56. The first-order valence-corrected chi connectivity index (χ1v) is 14.3. The average Bonchev–Trinajstić information content (AvgIpc) is 2.93. The Bertz CT molecular complexity index is 1000. The van der Waals surface area contributed by atoms with Gasteiger partial charge in [0.25, 0.3) is 5.72 Å². The first-order chi connectivity index (χ1) is 18.5. The molecule has 1 aromatic rings. The number of carboxylic acids is 1. The summed E-state index contributed by atoms with van der Waals surface area (Å²) in [7, 11) is 0. The summed E-state index contributed by atoms with van der Waals surface area (Å²) in [4.78, 5) is 51.0. The molecule has 3 unspecified atom stereocenters. The Balaban J connectivity index is 2.47. The van der Waals surface area contributed by atoms with Crippen LogP contribution in [0.25, 0.3) is 0 Å². The van der Waals surface area contributed by atoms with E-state index >= 15 is 0 Å². The van der Waals surface area contributed by atoms with E-state index in [9.17, 15) is 24.3 Å². The molecule has 39 heavy (non-hydrogen) atoms. The molecule has 0 aliphatic heterocycles. The quantitative estimate of drug-likeness (QED) is 0.178. The summed E-state index contributed by atoms with van der Waals surface area (Å²) in [6.45, 7) is 10.9. The van der Waals surface area contributed by atoms with Gasteiger partial charge in [-0.3, -0.25) is 19.7 Å². The number of carbonyl (C=O) groups is 4. The maximum absolute atomic E-state index is 13.1. The Morgan fingerprint density at radius 3 is 1.97 bits per heavy atom. The van der Waals surface area contributed by atoms with Crippen LogP contribution in [0.2, 0.25) is 0 Å². The van der Waals surface area contributed by atoms with E-state index in [0.717, 1.165) is 19.3 Å². The van der Waals surface area contributed by atoms with Crippen LogP contribution in [0.4, 0.5) is 0 Å². The van der Waals surface area contributed by atoms with E-state index in [1.165, 1.54) is 12.1 Å². The first kappa shape index (κ1) is 32.3. The number of hydrogen-bond acceptors (Lipinski definition) is 8. The molecule has 2 rings (SSSR count). The van der Waals surface area contributed by atoms with Gasteiger partial charge in [-0.2, -0.15) is 0 Å². The number of benzene rings is 1. The van der Waals surface area contributed by atoms with Crippen molar-refractivity contribution in [3.63, 3.8) is 0 Å². The lowest BCUT2D eigenvalue weighted by atomic mass is 9.89. The Labute approximate surface area is 232 Å². The summed E-state index contributed by atoms with van der Waals surface area (Å²) in [5.74, 6) is -3.84. The van der Waals surface area contributed by atoms with Gasteiger partial charge >= 0.3 is 23.9 Å². The highest BCUT2D eigenvalue weighted by Gasteiger charge is 2.45. The number of hydrogen-bond donors (Lipinski definition) is 2. The maximum atomic E-state index is 13.1. The Morgan fingerprint density at radius 2 is 1.46 bits per heavy atom. The Morgan fingerprint density at radius 1 is 0.897 bits per heavy atom. The molecule has 1 aliphatic carbocycles. The van der Waals surface area contributed by atoms with Crippen molar-refractivity contribution in [3.05, 3.63) is 23.8 Å². The molecule has 0 spiro atoms. The minimum atomic E-state index is -2.03. The van der Waals surface area contributed by atoms with Crippen LogP contribution in [0, 0.1) is 17.8 Å². The van der Waals surface area contributed by atoms with Crippen LogP contribution in [0.1, 0.15) is 98.5 Å².